The summed E-state index contributed by atoms with van der Waals surface area (Å²) in [4.78, 5) is 23.9. The molecule has 0 bridgehead atoms. The number of imide groups is 1. The minimum Gasteiger partial charge on any atom is -0.399 e. The van der Waals surface area contributed by atoms with Gasteiger partial charge in [-0.25, -0.2) is 0 Å². The van der Waals surface area contributed by atoms with Crippen molar-refractivity contribution in [2.45, 2.75) is 19.3 Å². The number of nitrogens with zero attached hydrogens (tertiary/aromatic N) is 1. The molecular weight excluding hydrogens is 228 g/mol. The fraction of sp³-hybridized carbons (Fsp3) is 0.286. The van der Waals surface area contributed by atoms with Gasteiger partial charge in [0, 0.05) is 24.4 Å². The minimum atomic E-state index is -0.201. The monoisotopic (exact) mass is 244 g/mol. The molecule has 0 spiro atoms. The van der Waals surface area contributed by atoms with Crippen LogP contribution in [0.1, 0.15) is 18.4 Å². The van der Waals surface area contributed by atoms with Crippen molar-refractivity contribution in [1.82, 2.24) is 4.90 Å². The number of unbranched alkanes of at least 4 members (excludes halogenated alkanes) is 1. The van der Waals surface area contributed by atoms with Crippen LogP contribution in [0.4, 0.5) is 5.69 Å². The number of hydrogen-bond donors (Lipinski definition) is 1. The zero-order valence-corrected chi connectivity index (χ0v) is 10.1. The van der Waals surface area contributed by atoms with Gasteiger partial charge in [-0.3, -0.25) is 14.5 Å². The fourth-order valence-corrected chi connectivity index (χ4v) is 1.93. The van der Waals surface area contributed by atoms with Gasteiger partial charge in [-0.1, -0.05) is 12.1 Å². The highest BCUT2D eigenvalue weighted by atomic mass is 16.2. The van der Waals surface area contributed by atoms with Gasteiger partial charge >= 0.3 is 0 Å². The van der Waals surface area contributed by atoms with Crippen molar-refractivity contribution in [1.29, 1.82) is 0 Å². The lowest BCUT2D eigenvalue weighted by Gasteiger charge is -2.13. The first kappa shape index (κ1) is 12.4. The summed E-state index contributed by atoms with van der Waals surface area (Å²) in [6, 6.07) is 7.77. The van der Waals surface area contributed by atoms with Crippen molar-refractivity contribution in [2.75, 3.05) is 12.3 Å². The molecule has 1 aromatic rings. The largest absolute Gasteiger partial charge is 0.399 e. The van der Waals surface area contributed by atoms with Gasteiger partial charge in [0.2, 0.25) is 0 Å². The summed E-state index contributed by atoms with van der Waals surface area (Å²) in [7, 11) is 0. The highest BCUT2D eigenvalue weighted by Gasteiger charge is 2.21. The van der Waals surface area contributed by atoms with Crippen molar-refractivity contribution < 1.29 is 9.59 Å². The Morgan fingerprint density at radius 1 is 0.944 bits per heavy atom. The average Bonchev–Trinajstić information content (AvgIpc) is 2.68. The smallest absolute Gasteiger partial charge is 0.253 e. The predicted molar refractivity (Wildman–Crippen MR) is 69.7 cm³/mol. The predicted octanol–water partition coefficient (Wildman–Crippen LogP) is 1.52. The second-order valence-corrected chi connectivity index (χ2v) is 4.36. The van der Waals surface area contributed by atoms with E-state index in [0.717, 1.165) is 24.9 Å². The Hall–Kier alpha value is -2.10. The number of benzene rings is 1. The van der Waals surface area contributed by atoms with Gasteiger partial charge in [0.25, 0.3) is 11.8 Å². The molecule has 4 nitrogen and oxygen atoms in total. The van der Waals surface area contributed by atoms with E-state index in [0.29, 0.717) is 6.54 Å². The van der Waals surface area contributed by atoms with E-state index in [4.69, 9.17) is 5.73 Å². The summed E-state index contributed by atoms with van der Waals surface area (Å²) in [5.41, 5.74) is 7.59. The highest BCUT2D eigenvalue weighted by molar-refractivity contribution is 6.12. The normalized spacial score (nSPS) is 14.6. The van der Waals surface area contributed by atoms with Crippen LogP contribution in [0.25, 0.3) is 0 Å². The molecule has 2 rings (SSSR count). The van der Waals surface area contributed by atoms with Crippen LogP contribution in [0.15, 0.2) is 36.4 Å². The molecule has 2 N–H and O–H groups in total. The van der Waals surface area contributed by atoms with E-state index in [-0.39, 0.29) is 11.8 Å². The lowest BCUT2D eigenvalue weighted by molar-refractivity contribution is -0.136. The third-order valence-electron chi connectivity index (χ3n) is 2.98. The van der Waals surface area contributed by atoms with Crippen LogP contribution >= 0.6 is 0 Å². The minimum absolute atomic E-state index is 0.201. The van der Waals surface area contributed by atoms with Crippen molar-refractivity contribution >= 4 is 17.5 Å². The number of anilines is 1. The number of carbonyl (C=O) groups excluding carboxylic acids is 2. The lowest BCUT2D eigenvalue weighted by Crippen LogP contribution is -2.30. The number of nitrogens with two attached hydrogens (primary N) is 1. The lowest BCUT2D eigenvalue weighted by atomic mass is 10.1. The first-order chi connectivity index (χ1) is 8.66. The van der Waals surface area contributed by atoms with Crippen LogP contribution in [0.2, 0.25) is 0 Å². The number of aryl methyl sites for hydroxylation is 1. The Kier molecular flexibility index (Phi) is 3.77. The van der Waals surface area contributed by atoms with Gasteiger partial charge in [0.15, 0.2) is 0 Å². The molecule has 4 heteroatoms. The van der Waals surface area contributed by atoms with E-state index in [1.165, 1.54) is 22.6 Å². The van der Waals surface area contributed by atoms with Crippen LogP contribution in [0, 0.1) is 0 Å². The second kappa shape index (κ2) is 5.49. The molecule has 18 heavy (non-hydrogen) atoms. The van der Waals surface area contributed by atoms with Crippen LogP contribution in [0.3, 0.4) is 0 Å². The average molecular weight is 244 g/mol. The van der Waals surface area contributed by atoms with E-state index in [2.05, 4.69) is 0 Å². The molecule has 0 unspecified atom stereocenters. The Balaban J connectivity index is 1.72. The van der Waals surface area contributed by atoms with Crippen LogP contribution in [0.5, 0.6) is 0 Å². The molecule has 0 saturated heterocycles. The summed E-state index contributed by atoms with van der Waals surface area (Å²) in [6.07, 6.45) is 5.35. The molecule has 1 aliphatic heterocycles. The van der Waals surface area contributed by atoms with Gasteiger partial charge in [0.1, 0.15) is 0 Å². The quantitative estimate of drug-likeness (QED) is 0.485. The first-order valence-electron chi connectivity index (χ1n) is 6.05. The van der Waals surface area contributed by atoms with E-state index < -0.39 is 0 Å². The maximum Gasteiger partial charge on any atom is 0.253 e. The fourth-order valence-electron chi connectivity index (χ4n) is 1.93. The van der Waals surface area contributed by atoms with Gasteiger partial charge in [0.05, 0.1) is 0 Å². The maximum atomic E-state index is 11.3. The van der Waals surface area contributed by atoms with E-state index in [1.807, 2.05) is 24.3 Å². The molecule has 0 aliphatic carbocycles. The first-order valence-corrected chi connectivity index (χ1v) is 6.05. The highest BCUT2D eigenvalue weighted by Crippen LogP contribution is 2.10. The van der Waals surface area contributed by atoms with E-state index >= 15 is 0 Å². The van der Waals surface area contributed by atoms with Gasteiger partial charge in [-0.05, 0) is 37.0 Å². The number of amides is 2. The van der Waals surface area contributed by atoms with E-state index in [1.54, 1.807) is 0 Å². The summed E-state index contributed by atoms with van der Waals surface area (Å²) >= 11 is 0. The van der Waals surface area contributed by atoms with Crippen LogP contribution in [-0.4, -0.2) is 23.3 Å². The summed E-state index contributed by atoms with van der Waals surface area (Å²) in [5.74, 6) is -0.403. The zero-order chi connectivity index (χ0) is 13.0. The third-order valence-corrected chi connectivity index (χ3v) is 2.98. The van der Waals surface area contributed by atoms with E-state index in [9.17, 15) is 9.59 Å². The third kappa shape index (κ3) is 2.97. The number of rotatable bonds is 5. The molecule has 0 fully saturated rings. The molecule has 1 aromatic carbocycles. The van der Waals surface area contributed by atoms with Gasteiger partial charge in [-0.2, -0.15) is 0 Å². The number of carbonyl (C=O) groups is 2. The summed E-state index contributed by atoms with van der Waals surface area (Å²) in [5, 5.41) is 0. The number of nitrogen functional groups attached to an aromatic ring is 1. The molecule has 2 amide bonds. The van der Waals surface area contributed by atoms with Gasteiger partial charge in [-0.15, -0.1) is 0 Å². The second-order valence-electron chi connectivity index (χ2n) is 4.36. The van der Waals surface area contributed by atoms with Crippen LogP contribution in [-0.2, 0) is 16.0 Å². The molecule has 0 atom stereocenters. The molecule has 0 radical (unpaired) electrons. The molecule has 94 valence electrons. The van der Waals surface area contributed by atoms with Crippen molar-refractivity contribution in [2.24, 2.45) is 0 Å². The Morgan fingerprint density at radius 2 is 1.56 bits per heavy atom. The molecular formula is C14H16N2O2. The Morgan fingerprint density at radius 3 is 2.17 bits per heavy atom. The topological polar surface area (TPSA) is 63.4 Å². The molecule has 0 aromatic heterocycles. The summed E-state index contributed by atoms with van der Waals surface area (Å²) in [6.45, 7) is 0.500. The number of hydrogen-bond acceptors (Lipinski definition) is 3. The Labute approximate surface area is 106 Å². The van der Waals surface area contributed by atoms with Gasteiger partial charge < -0.3 is 5.73 Å². The van der Waals surface area contributed by atoms with Crippen LogP contribution < -0.4 is 5.73 Å². The van der Waals surface area contributed by atoms with Crippen molar-refractivity contribution in [3.8, 4) is 0 Å². The molecule has 1 heterocycles. The zero-order valence-electron chi connectivity index (χ0n) is 10.1. The molecule has 0 saturated carbocycles. The Bertz CT molecular complexity index is 459. The van der Waals surface area contributed by atoms with Crippen molar-refractivity contribution in [3.63, 3.8) is 0 Å². The maximum absolute atomic E-state index is 11.3. The standard InChI is InChI=1S/C14H16N2O2/c15-12-6-4-11(5-7-12)3-1-2-10-16-13(17)8-9-14(16)18/h4-9H,1-3,10,15H2. The van der Waals surface area contributed by atoms with Crippen molar-refractivity contribution in [3.05, 3.63) is 42.0 Å². The summed E-state index contributed by atoms with van der Waals surface area (Å²) < 4.78 is 0. The molecule has 1 aliphatic rings. The SMILES string of the molecule is Nc1ccc(CCCCN2C(=O)C=CC2=O)cc1.